The molecule has 0 saturated heterocycles. The molecule has 0 spiro atoms. The Balaban J connectivity index is 1.93. The average molecular weight is 374 g/mol. The molecule has 1 N–H and O–H groups in total. The summed E-state index contributed by atoms with van der Waals surface area (Å²) in [5.41, 5.74) is 2.71. The lowest BCUT2D eigenvalue weighted by Crippen LogP contribution is -2.15. The summed E-state index contributed by atoms with van der Waals surface area (Å²) in [5.74, 6) is 1.15. The number of amides is 1. The van der Waals surface area contributed by atoms with E-state index < -0.39 is 0 Å². The van der Waals surface area contributed by atoms with Crippen molar-refractivity contribution in [2.75, 3.05) is 16.8 Å². The van der Waals surface area contributed by atoms with E-state index in [1.54, 1.807) is 11.8 Å². The average Bonchev–Trinajstić information content (AvgIpc) is 2.89. The molecule has 0 aliphatic heterocycles. The predicted molar refractivity (Wildman–Crippen MR) is 96.6 cm³/mol. The zero-order valence-corrected chi connectivity index (χ0v) is 15.7. The number of anilines is 1. The number of hydrogen-bond donors (Lipinski definition) is 1. The van der Waals surface area contributed by atoms with Crippen LogP contribution in [0.4, 0.5) is 5.69 Å². The van der Waals surface area contributed by atoms with E-state index in [0.717, 1.165) is 25.6 Å². The molecule has 1 heterocycles. The highest BCUT2D eigenvalue weighted by molar-refractivity contribution is 8.03. The Morgan fingerprint density at radius 1 is 1.27 bits per heavy atom. The molecular formula is C14H16ClN3OS3. The summed E-state index contributed by atoms with van der Waals surface area (Å²) in [5, 5.41) is 11.6. The Labute approximate surface area is 147 Å². The first-order valence-electron chi connectivity index (χ1n) is 6.65. The minimum Gasteiger partial charge on any atom is -0.324 e. The molecule has 4 nitrogen and oxygen atoms in total. The number of carbonyl (C=O) groups is 1. The highest BCUT2D eigenvalue weighted by atomic mass is 35.5. The van der Waals surface area contributed by atoms with Gasteiger partial charge in [0.25, 0.3) is 0 Å². The van der Waals surface area contributed by atoms with Gasteiger partial charge < -0.3 is 5.32 Å². The summed E-state index contributed by atoms with van der Waals surface area (Å²) in [6, 6.07) is 3.84. The maximum Gasteiger partial charge on any atom is 0.234 e. The normalized spacial score (nSPS) is 10.7. The van der Waals surface area contributed by atoms with Crippen molar-refractivity contribution in [2.24, 2.45) is 0 Å². The van der Waals surface area contributed by atoms with Crippen LogP contribution in [0.3, 0.4) is 0 Å². The Bertz CT molecular complexity index is 652. The molecule has 0 aliphatic carbocycles. The van der Waals surface area contributed by atoms with Gasteiger partial charge >= 0.3 is 0 Å². The lowest BCUT2D eigenvalue weighted by atomic mass is 10.1. The first-order valence-corrected chi connectivity index (χ1v) is 9.82. The molecule has 22 heavy (non-hydrogen) atoms. The standard InChI is InChI=1S/C14H16ClN3OS3/c1-4-20-13-17-18-14(22-13)21-7-11(19)16-12-9(3)5-8(2)6-10(12)15/h5-6H,4,7H2,1-3H3,(H,16,19). The fraction of sp³-hybridized carbons (Fsp3) is 0.357. The highest BCUT2D eigenvalue weighted by Crippen LogP contribution is 2.30. The van der Waals surface area contributed by atoms with Crippen LogP contribution in [0, 0.1) is 13.8 Å². The lowest BCUT2D eigenvalue weighted by molar-refractivity contribution is -0.113. The van der Waals surface area contributed by atoms with Crippen LogP contribution in [0.2, 0.25) is 5.02 Å². The van der Waals surface area contributed by atoms with Gasteiger partial charge in [-0.3, -0.25) is 4.79 Å². The van der Waals surface area contributed by atoms with E-state index in [9.17, 15) is 4.79 Å². The van der Waals surface area contributed by atoms with E-state index in [2.05, 4.69) is 22.4 Å². The number of nitrogens with zero attached hydrogens (tertiary/aromatic N) is 2. The second-order valence-corrected chi connectivity index (χ2v) is 8.66. The molecule has 1 aromatic carbocycles. The van der Waals surface area contributed by atoms with Crippen molar-refractivity contribution in [2.45, 2.75) is 29.5 Å². The molecule has 0 fully saturated rings. The fourth-order valence-electron chi connectivity index (χ4n) is 1.81. The number of hydrogen-bond acceptors (Lipinski definition) is 6. The van der Waals surface area contributed by atoms with E-state index in [1.807, 2.05) is 26.0 Å². The second-order valence-electron chi connectivity index (χ2n) is 4.54. The van der Waals surface area contributed by atoms with Crippen LogP contribution < -0.4 is 5.32 Å². The number of rotatable bonds is 6. The molecule has 118 valence electrons. The van der Waals surface area contributed by atoms with Crippen molar-refractivity contribution in [1.29, 1.82) is 0 Å². The summed E-state index contributed by atoms with van der Waals surface area (Å²) in [4.78, 5) is 12.1. The first kappa shape index (κ1) is 17.6. The summed E-state index contributed by atoms with van der Waals surface area (Å²) < 4.78 is 1.74. The summed E-state index contributed by atoms with van der Waals surface area (Å²) in [6.07, 6.45) is 0. The van der Waals surface area contributed by atoms with Gasteiger partial charge in [0.05, 0.1) is 16.5 Å². The van der Waals surface area contributed by atoms with Crippen molar-refractivity contribution in [3.8, 4) is 0 Å². The second kappa shape index (κ2) is 8.19. The zero-order chi connectivity index (χ0) is 16.1. The van der Waals surface area contributed by atoms with E-state index in [-0.39, 0.29) is 11.7 Å². The van der Waals surface area contributed by atoms with Crippen molar-refractivity contribution in [1.82, 2.24) is 10.2 Å². The van der Waals surface area contributed by atoms with Crippen LogP contribution in [-0.4, -0.2) is 27.6 Å². The third kappa shape index (κ3) is 4.87. The molecule has 8 heteroatoms. The Hall–Kier alpha value is -0.760. The van der Waals surface area contributed by atoms with Crippen LogP contribution in [0.1, 0.15) is 18.1 Å². The maximum atomic E-state index is 12.1. The van der Waals surface area contributed by atoms with E-state index in [1.165, 1.54) is 23.1 Å². The van der Waals surface area contributed by atoms with Crippen LogP contribution >= 0.6 is 46.5 Å². The molecule has 1 amide bonds. The van der Waals surface area contributed by atoms with Crippen molar-refractivity contribution >= 4 is 58.1 Å². The molecular weight excluding hydrogens is 358 g/mol. The summed E-state index contributed by atoms with van der Waals surface area (Å²) >= 11 is 10.7. The number of aromatic nitrogens is 2. The number of carbonyl (C=O) groups excluding carboxylic acids is 1. The Kier molecular flexibility index (Phi) is 6.55. The van der Waals surface area contributed by atoms with Crippen molar-refractivity contribution in [3.05, 3.63) is 28.3 Å². The highest BCUT2D eigenvalue weighted by Gasteiger charge is 2.12. The first-order chi connectivity index (χ1) is 10.5. The lowest BCUT2D eigenvalue weighted by Gasteiger charge is -2.11. The fourth-order valence-corrected chi connectivity index (χ4v) is 4.90. The summed E-state index contributed by atoms with van der Waals surface area (Å²) in [6.45, 7) is 5.97. The SMILES string of the molecule is CCSc1nnc(SCC(=O)Nc2c(C)cc(C)cc2Cl)s1. The number of halogens is 1. The topological polar surface area (TPSA) is 54.9 Å². The Morgan fingerprint density at radius 3 is 2.59 bits per heavy atom. The smallest absolute Gasteiger partial charge is 0.234 e. The van der Waals surface area contributed by atoms with Crippen molar-refractivity contribution in [3.63, 3.8) is 0 Å². The van der Waals surface area contributed by atoms with Crippen molar-refractivity contribution < 1.29 is 4.79 Å². The van der Waals surface area contributed by atoms with E-state index >= 15 is 0 Å². The van der Waals surface area contributed by atoms with Gasteiger partial charge in [-0.05, 0) is 36.8 Å². The molecule has 1 aromatic heterocycles. The number of aryl methyl sites for hydroxylation is 2. The molecule has 0 bridgehead atoms. The van der Waals surface area contributed by atoms with Crippen LogP contribution in [0.15, 0.2) is 20.8 Å². The van der Waals surface area contributed by atoms with Crippen LogP contribution in [-0.2, 0) is 4.79 Å². The van der Waals surface area contributed by atoms with Gasteiger partial charge in [-0.1, -0.05) is 59.5 Å². The third-order valence-electron chi connectivity index (χ3n) is 2.68. The number of thioether (sulfide) groups is 2. The molecule has 0 saturated carbocycles. The van der Waals surface area contributed by atoms with E-state index in [4.69, 9.17) is 11.6 Å². The van der Waals surface area contributed by atoms with Gasteiger partial charge in [-0.25, -0.2) is 0 Å². The maximum absolute atomic E-state index is 12.1. The molecule has 0 aliphatic rings. The van der Waals surface area contributed by atoms with Gasteiger partial charge in [0.1, 0.15) is 0 Å². The third-order valence-corrected chi connectivity index (χ3v) is 6.05. The predicted octanol–water partition coefficient (Wildman–Crippen LogP) is 4.65. The monoisotopic (exact) mass is 373 g/mol. The molecule has 0 radical (unpaired) electrons. The zero-order valence-electron chi connectivity index (χ0n) is 12.5. The number of benzene rings is 1. The van der Waals surface area contributed by atoms with Gasteiger partial charge in [-0.15, -0.1) is 10.2 Å². The number of nitrogens with one attached hydrogen (secondary N) is 1. The minimum atomic E-state index is -0.0984. The molecule has 2 rings (SSSR count). The molecule has 2 aromatic rings. The van der Waals surface area contributed by atoms with Gasteiger partial charge in [0, 0.05) is 0 Å². The van der Waals surface area contributed by atoms with Gasteiger partial charge in [0.15, 0.2) is 8.68 Å². The van der Waals surface area contributed by atoms with Gasteiger partial charge in [0.2, 0.25) is 5.91 Å². The molecule has 0 atom stereocenters. The molecule has 0 unspecified atom stereocenters. The van der Waals surface area contributed by atoms with Gasteiger partial charge in [-0.2, -0.15) is 0 Å². The quantitative estimate of drug-likeness (QED) is 0.747. The van der Waals surface area contributed by atoms with Crippen LogP contribution in [0.5, 0.6) is 0 Å². The minimum absolute atomic E-state index is 0.0984. The summed E-state index contributed by atoms with van der Waals surface area (Å²) in [7, 11) is 0. The van der Waals surface area contributed by atoms with Crippen LogP contribution in [0.25, 0.3) is 0 Å². The van der Waals surface area contributed by atoms with E-state index in [0.29, 0.717) is 10.7 Å². The largest absolute Gasteiger partial charge is 0.324 e. The Morgan fingerprint density at radius 2 is 1.95 bits per heavy atom.